The molecule has 0 aliphatic carbocycles. The predicted molar refractivity (Wildman–Crippen MR) is 54.8 cm³/mol. The molecular formula is C11H20F3N. The van der Waals surface area contributed by atoms with Gasteiger partial charge in [0, 0.05) is 12.6 Å². The van der Waals surface area contributed by atoms with Crippen molar-refractivity contribution in [1.29, 1.82) is 0 Å². The lowest BCUT2D eigenvalue weighted by molar-refractivity contribution is -0.139. The van der Waals surface area contributed by atoms with Gasteiger partial charge in [-0.05, 0) is 25.8 Å². The highest BCUT2D eigenvalue weighted by Crippen LogP contribution is 2.25. The topological polar surface area (TPSA) is 3.24 Å². The van der Waals surface area contributed by atoms with Gasteiger partial charge in [0.1, 0.15) is 0 Å². The third kappa shape index (κ3) is 4.87. The Bertz CT molecular complexity index is 177. The van der Waals surface area contributed by atoms with Crippen molar-refractivity contribution in [1.82, 2.24) is 4.90 Å². The van der Waals surface area contributed by atoms with Gasteiger partial charge in [-0.3, -0.25) is 0 Å². The van der Waals surface area contributed by atoms with Gasteiger partial charge in [-0.15, -0.1) is 0 Å². The van der Waals surface area contributed by atoms with Crippen LogP contribution in [0.25, 0.3) is 0 Å². The molecule has 1 aliphatic heterocycles. The molecule has 4 heteroatoms. The van der Waals surface area contributed by atoms with E-state index in [1.165, 1.54) is 6.42 Å². The molecule has 0 aromatic carbocycles. The van der Waals surface area contributed by atoms with Crippen molar-refractivity contribution in [3.8, 4) is 0 Å². The molecule has 0 spiro atoms. The molecule has 1 saturated heterocycles. The smallest absolute Gasteiger partial charge is 0.300 e. The number of halogens is 3. The van der Waals surface area contributed by atoms with Gasteiger partial charge in [-0.25, -0.2) is 0 Å². The molecule has 1 heterocycles. The summed E-state index contributed by atoms with van der Waals surface area (Å²) in [6.07, 6.45) is 0.740. The summed E-state index contributed by atoms with van der Waals surface area (Å²) in [5, 5.41) is 0. The van der Waals surface area contributed by atoms with E-state index in [4.69, 9.17) is 0 Å². The van der Waals surface area contributed by atoms with Crippen molar-refractivity contribution in [2.24, 2.45) is 0 Å². The highest BCUT2D eigenvalue weighted by molar-refractivity contribution is 4.77. The highest BCUT2D eigenvalue weighted by Gasteiger charge is 2.30. The monoisotopic (exact) mass is 223 g/mol. The van der Waals surface area contributed by atoms with Crippen molar-refractivity contribution in [3.63, 3.8) is 0 Å². The summed E-state index contributed by atoms with van der Waals surface area (Å²) in [4.78, 5) is 2.03. The standard InChI is InChI=1S/C11H20F3N/c1-2-5-10-6-3-4-8-15(10)9-7-11(12,13)14/h10H,2-9H2,1H3. The Balaban J connectivity index is 2.35. The zero-order valence-electron chi connectivity index (χ0n) is 9.32. The van der Waals surface area contributed by atoms with E-state index < -0.39 is 12.6 Å². The molecule has 0 N–H and O–H groups in total. The Morgan fingerprint density at radius 1 is 1.27 bits per heavy atom. The summed E-state index contributed by atoms with van der Waals surface area (Å²) in [7, 11) is 0. The maximum Gasteiger partial charge on any atom is 0.390 e. The first-order valence-corrected chi connectivity index (χ1v) is 5.83. The Morgan fingerprint density at radius 2 is 2.00 bits per heavy atom. The number of likely N-dealkylation sites (tertiary alicyclic amines) is 1. The molecule has 1 fully saturated rings. The minimum atomic E-state index is -4.01. The zero-order chi connectivity index (χ0) is 11.3. The van der Waals surface area contributed by atoms with Gasteiger partial charge < -0.3 is 4.90 Å². The molecule has 0 saturated carbocycles. The molecule has 0 aromatic rings. The average Bonchev–Trinajstić information content (AvgIpc) is 2.16. The molecule has 1 nitrogen and oxygen atoms in total. The number of rotatable bonds is 4. The van der Waals surface area contributed by atoms with Crippen LogP contribution in [0, 0.1) is 0 Å². The van der Waals surface area contributed by atoms with Gasteiger partial charge in [0.05, 0.1) is 6.42 Å². The fourth-order valence-electron chi connectivity index (χ4n) is 2.28. The minimum absolute atomic E-state index is 0.189. The molecule has 1 atom stereocenters. The van der Waals surface area contributed by atoms with E-state index in [0.29, 0.717) is 6.04 Å². The highest BCUT2D eigenvalue weighted by atomic mass is 19.4. The summed E-state index contributed by atoms with van der Waals surface area (Å²) in [5.74, 6) is 0. The van der Waals surface area contributed by atoms with E-state index >= 15 is 0 Å². The summed E-state index contributed by atoms with van der Waals surface area (Å²) in [6.45, 7) is 3.13. The molecule has 15 heavy (non-hydrogen) atoms. The van der Waals surface area contributed by atoms with Gasteiger partial charge in [0.25, 0.3) is 0 Å². The van der Waals surface area contributed by atoms with Gasteiger partial charge in [0.2, 0.25) is 0 Å². The fraction of sp³-hybridized carbons (Fsp3) is 1.00. The first kappa shape index (κ1) is 12.8. The van der Waals surface area contributed by atoms with Crippen LogP contribution in [-0.2, 0) is 0 Å². The third-order valence-corrected chi connectivity index (χ3v) is 3.05. The quantitative estimate of drug-likeness (QED) is 0.704. The van der Waals surface area contributed by atoms with Crippen LogP contribution >= 0.6 is 0 Å². The van der Waals surface area contributed by atoms with Crippen molar-refractivity contribution in [2.45, 2.75) is 57.7 Å². The van der Waals surface area contributed by atoms with Crippen LogP contribution in [0.3, 0.4) is 0 Å². The lowest BCUT2D eigenvalue weighted by atomic mass is 9.98. The van der Waals surface area contributed by atoms with Crippen molar-refractivity contribution in [2.75, 3.05) is 13.1 Å². The van der Waals surface area contributed by atoms with E-state index in [2.05, 4.69) is 6.92 Å². The van der Waals surface area contributed by atoms with E-state index in [-0.39, 0.29) is 6.54 Å². The summed E-state index contributed by atoms with van der Waals surface area (Å²) in [6, 6.07) is 0.395. The number of hydrogen-bond acceptors (Lipinski definition) is 1. The van der Waals surface area contributed by atoms with E-state index in [1.54, 1.807) is 0 Å². The van der Waals surface area contributed by atoms with E-state index in [1.807, 2.05) is 4.90 Å². The number of piperidine rings is 1. The van der Waals surface area contributed by atoms with Crippen LogP contribution in [-0.4, -0.2) is 30.2 Å². The number of nitrogens with zero attached hydrogens (tertiary/aromatic N) is 1. The maximum atomic E-state index is 12.1. The van der Waals surface area contributed by atoms with Crippen LogP contribution < -0.4 is 0 Å². The molecule has 1 unspecified atom stereocenters. The van der Waals surface area contributed by atoms with Gasteiger partial charge in [0.15, 0.2) is 0 Å². The van der Waals surface area contributed by atoms with Gasteiger partial charge in [-0.1, -0.05) is 19.8 Å². The molecule has 0 radical (unpaired) electrons. The molecule has 1 rings (SSSR count). The Kier molecular flexibility index (Phi) is 4.90. The van der Waals surface area contributed by atoms with Crippen LogP contribution in [0.2, 0.25) is 0 Å². The normalized spacial score (nSPS) is 24.4. The third-order valence-electron chi connectivity index (χ3n) is 3.05. The Morgan fingerprint density at radius 3 is 2.60 bits per heavy atom. The average molecular weight is 223 g/mol. The minimum Gasteiger partial charge on any atom is -0.300 e. The van der Waals surface area contributed by atoms with Crippen LogP contribution in [0.15, 0.2) is 0 Å². The molecular weight excluding hydrogens is 203 g/mol. The first-order chi connectivity index (χ1) is 7.03. The van der Waals surface area contributed by atoms with Crippen LogP contribution in [0.4, 0.5) is 13.2 Å². The maximum absolute atomic E-state index is 12.1. The van der Waals surface area contributed by atoms with E-state index in [9.17, 15) is 13.2 Å². The molecule has 0 aromatic heterocycles. The summed E-state index contributed by atoms with van der Waals surface area (Å²) < 4.78 is 36.3. The van der Waals surface area contributed by atoms with Crippen LogP contribution in [0.5, 0.6) is 0 Å². The van der Waals surface area contributed by atoms with Crippen molar-refractivity contribution >= 4 is 0 Å². The summed E-state index contributed by atoms with van der Waals surface area (Å²) in [5.41, 5.74) is 0. The lowest BCUT2D eigenvalue weighted by Crippen LogP contribution is -2.41. The molecule has 1 aliphatic rings. The Hall–Kier alpha value is -0.250. The Labute approximate surface area is 89.6 Å². The second-order valence-electron chi connectivity index (χ2n) is 4.34. The van der Waals surface area contributed by atoms with Crippen molar-refractivity contribution in [3.05, 3.63) is 0 Å². The number of hydrogen-bond donors (Lipinski definition) is 0. The van der Waals surface area contributed by atoms with E-state index in [0.717, 1.165) is 32.2 Å². The molecule has 0 bridgehead atoms. The second kappa shape index (κ2) is 5.73. The number of alkyl halides is 3. The largest absolute Gasteiger partial charge is 0.390 e. The lowest BCUT2D eigenvalue weighted by Gasteiger charge is -2.35. The van der Waals surface area contributed by atoms with Crippen LogP contribution in [0.1, 0.15) is 45.4 Å². The van der Waals surface area contributed by atoms with Crippen molar-refractivity contribution < 1.29 is 13.2 Å². The first-order valence-electron chi connectivity index (χ1n) is 5.83. The fourth-order valence-corrected chi connectivity index (χ4v) is 2.28. The predicted octanol–water partition coefficient (Wildman–Crippen LogP) is 3.59. The van der Waals surface area contributed by atoms with Gasteiger partial charge >= 0.3 is 6.18 Å². The molecule has 0 amide bonds. The van der Waals surface area contributed by atoms with Gasteiger partial charge in [-0.2, -0.15) is 13.2 Å². The summed E-state index contributed by atoms with van der Waals surface area (Å²) >= 11 is 0. The molecule has 90 valence electrons. The second-order valence-corrected chi connectivity index (χ2v) is 4.34. The zero-order valence-corrected chi connectivity index (χ0v) is 9.32. The SMILES string of the molecule is CCCC1CCCCN1CCC(F)(F)F.